The van der Waals surface area contributed by atoms with Gasteiger partial charge in [-0.15, -0.1) is 23.1 Å². The van der Waals surface area contributed by atoms with Crippen LogP contribution in [0, 0.1) is 0 Å². The van der Waals surface area contributed by atoms with Crippen molar-refractivity contribution in [3.63, 3.8) is 0 Å². The quantitative estimate of drug-likeness (QED) is 0.503. The van der Waals surface area contributed by atoms with Gasteiger partial charge in [-0.05, 0) is 24.0 Å². The molecule has 0 aliphatic rings. The second-order valence-electron chi connectivity index (χ2n) is 5.18. The van der Waals surface area contributed by atoms with Crippen LogP contribution >= 0.6 is 23.1 Å². The number of thioether (sulfide) groups is 1. The molecule has 0 saturated heterocycles. The average molecular weight is 371 g/mol. The Morgan fingerprint density at radius 3 is 2.60 bits per heavy atom. The van der Waals surface area contributed by atoms with E-state index < -0.39 is 5.97 Å². The summed E-state index contributed by atoms with van der Waals surface area (Å²) in [5.74, 6) is 0.192. The van der Waals surface area contributed by atoms with Crippen molar-refractivity contribution in [1.82, 2.24) is 0 Å². The van der Waals surface area contributed by atoms with Gasteiger partial charge in [0.1, 0.15) is 10.6 Å². The number of benzene rings is 2. The molecule has 0 unspecified atom stereocenters. The van der Waals surface area contributed by atoms with Gasteiger partial charge in [0.15, 0.2) is 0 Å². The number of carbonyl (C=O) groups excluding carboxylic acids is 2. The lowest BCUT2D eigenvalue weighted by atomic mass is 10.1. The molecule has 0 aliphatic heterocycles. The summed E-state index contributed by atoms with van der Waals surface area (Å²) in [5.41, 5.74) is 1.000. The molecule has 0 aliphatic carbocycles. The minimum absolute atomic E-state index is 0.228. The molecule has 128 valence electrons. The van der Waals surface area contributed by atoms with Gasteiger partial charge in [0, 0.05) is 15.0 Å². The molecular formula is C19H17NO3S2. The normalized spacial score (nSPS) is 10.6. The third-order valence-corrected chi connectivity index (χ3v) is 5.69. The largest absolute Gasteiger partial charge is 0.465 e. The molecule has 4 nitrogen and oxygen atoms in total. The van der Waals surface area contributed by atoms with E-state index in [4.69, 9.17) is 4.74 Å². The van der Waals surface area contributed by atoms with Gasteiger partial charge in [-0.25, -0.2) is 4.79 Å². The smallest absolute Gasteiger partial charge is 0.341 e. The SMILES string of the molecule is CCSc1ccccc1C(=O)Nc1sc2ccccc2c1C(=O)OC. The standard InChI is InChI=1S/C19H17NO3S2/c1-3-24-14-10-6-5-9-13(14)17(21)20-18-16(19(22)23-2)12-8-4-7-11-15(12)25-18/h4-11H,3H2,1-2H3,(H,20,21). The second kappa shape index (κ2) is 7.72. The number of amides is 1. The number of thiophene rings is 1. The summed E-state index contributed by atoms with van der Waals surface area (Å²) < 4.78 is 5.83. The maximum Gasteiger partial charge on any atom is 0.341 e. The van der Waals surface area contributed by atoms with Gasteiger partial charge >= 0.3 is 5.97 Å². The van der Waals surface area contributed by atoms with Gasteiger partial charge in [-0.1, -0.05) is 37.3 Å². The molecule has 1 N–H and O–H groups in total. The number of rotatable bonds is 5. The van der Waals surface area contributed by atoms with Crippen LogP contribution in [-0.2, 0) is 4.74 Å². The summed E-state index contributed by atoms with van der Waals surface area (Å²) >= 11 is 2.98. The highest BCUT2D eigenvalue weighted by Crippen LogP contribution is 2.36. The lowest BCUT2D eigenvalue weighted by Crippen LogP contribution is -2.14. The number of ether oxygens (including phenoxy) is 1. The summed E-state index contributed by atoms with van der Waals surface area (Å²) in [6.45, 7) is 2.04. The number of carbonyl (C=O) groups is 2. The van der Waals surface area contributed by atoms with Crippen molar-refractivity contribution in [1.29, 1.82) is 0 Å². The Bertz CT molecular complexity index is 933. The third kappa shape index (κ3) is 3.55. The fourth-order valence-electron chi connectivity index (χ4n) is 2.54. The Labute approximate surface area is 154 Å². The Morgan fingerprint density at radius 2 is 1.84 bits per heavy atom. The first-order valence-corrected chi connectivity index (χ1v) is 9.59. The van der Waals surface area contributed by atoms with E-state index in [0.29, 0.717) is 16.1 Å². The molecular weight excluding hydrogens is 354 g/mol. The second-order valence-corrected chi connectivity index (χ2v) is 7.54. The van der Waals surface area contributed by atoms with Crippen LogP contribution in [0.1, 0.15) is 27.6 Å². The molecule has 3 rings (SSSR count). The van der Waals surface area contributed by atoms with Crippen LogP contribution < -0.4 is 5.32 Å². The van der Waals surface area contributed by atoms with Crippen LogP contribution in [0.25, 0.3) is 10.1 Å². The highest BCUT2D eigenvalue weighted by Gasteiger charge is 2.22. The zero-order valence-corrected chi connectivity index (χ0v) is 15.5. The first kappa shape index (κ1) is 17.5. The van der Waals surface area contributed by atoms with Crippen molar-refractivity contribution >= 4 is 50.1 Å². The lowest BCUT2D eigenvalue weighted by Gasteiger charge is -2.09. The molecule has 3 aromatic rings. The highest BCUT2D eigenvalue weighted by atomic mass is 32.2. The Morgan fingerprint density at radius 1 is 1.12 bits per heavy atom. The molecule has 2 aromatic carbocycles. The number of hydrogen-bond acceptors (Lipinski definition) is 5. The Hall–Kier alpha value is -2.31. The predicted octanol–water partition coefficient (Wildman–Crippen LogP) is 5.05. The number of methoxy groups -OCH3 is 1. The molecule has 25 heavy (non-hydrogen) atoms. The van der Waals surface area contributed by atoms with E-state index in [2.05, 4.69) is 5.32 Å². The molecule has 1 amide bonds. The fourth-order valence-corrected chi connectivity index (χ4v) is 4.43. The first-order chi connectivity index (χ1) is 12.2. The number of nitrogens with one attached hydrogen (secondary N) is 1. The minimum atomic E-state index is -0.455. The monoisotopic (exact) mass is 371 g/mol. The van der Waals surface area contributed by atoms with Crippen molar-refractivity contribution in [2.75, 3.05) is 18.2 Å². The average Bonchev–Trinajstić information content (AvgIpc) is 2.99. The van der Waals surface area contributed by atoms with Crippen molar-refractivity contribution in [3.8, 4) is 0 Å². The van der Waals surface area contributed by atoms with E-state index >= 15 is 0 Å². The predicted molar refractivity (Wildman–Crippen MR) is 104 cm³/mol. The summed E-state index contributed by atoms with van der Waals surface area (Å²) in [5, 5.41) is 4.19. The maximum atomic E-state index is 12.8. The van der Waals surface area contributed by atoms with Crippen LogP contribution in [0.15, 0.2) is 53.4 Å². The van der Waals surface area contributed by atoms with Crippen molar-refractivity contribution in [2.45, 2.75) is 11.8 Å². The van der Waals surface area contributed by atoms with Crippen molar-refractivity contribution < 1.29 is 14.3 Å². The zero-order valence-electron chi connectivity index (χ0n) is 13.9. The topological polar surface area (TPSA) is 55.4 Å². The van der Waals surface area contributed by atoms with Gasteiger partial charge in [-0.3, -0.25) is 4.79 Å². The van der Waals surface area contributed by atoms with Crippen molar-refractivity contribution in [2.24, 2.45) is 0 Å². The summed E-state index contributed by atoms with van der Waals surface area (Å²) in [6, 6.07) is 15.0. The fraction of sp³-hybridized carbons (Fsp3) is 0.158. The van der Waals surface area contributed by atoms with E-state index in [1.54, 1.807) is 17.8 Å². The summed E-state index contributed by atoms with van der Waals surface area (Å²) in [6.07, 6.45) is 0. The van der Waals surface area contributed by atoms with Crippen LogP contribution in [0.5, 0.6) is 0 Å². The van der Waals surface area contributed by atoms with Gasteiger partial charge < -0.3 is 10.1 Å². The van der Waals surface area contributed by atoms with Gasteiger partial charge in [0.05, 0.1) is 12.7 Å². The number of esters is 1. The minimum Gasteiger partial charge on any atom is -0.465 e. The van der Waals surface area contributed by atoms with Gasteiger partial charge in [-0.2, -0.15) is 0 Å². The van der Waals surface area contributed by atoms with E-state index in [-0.39, 0.29) is 5.91 Å². The molecule has 0 atom stereocenters. The van der Waals surface area contributed by atoms with Crippen LogP contribution in [-0.4, -0.2) is 24.7 Å². The molecule has 6 heteroatoms. The molecule has 0 saturated carbocycles. The lowest BCUT2D eigenvalue weighted by molar-refractivity contribution is 0.0604. The first-order valence-electron chi connectivity index (χ1n) is 7.78. The van der Waals surface area contributed by atoms with Crippen LogP contribution in [0.2, 0.25) is 0 Å². The maximum absolute atomic E-state index is 12.8. The molecule has 0 bridgehead atoms. The third-order valence-electron chi connectivity index (χ3n) is 3.64. The number of hydrogen-bond donors (Lipinski definition) is 1. The summed E-state index contributed by atoms with van der Waals surface area (Å²) in [4.78, 5) is 25.9. The molecule has 1 aromatic heterocycles. The number of fused-ring (bicyclic) bond motifs is 1. The van der Waals surface area contributed by atoms with E-state index in [9.17, 15) is 9.59 Å². The molecule has 1 heterocycles. The number of anilines is 1. The molecule has 0 fully saturated rings. The molecule has 0 spiro atoms. The van der Waals surface area contributed by atoms with Crippen LogP contribution in [0.4, 0.5) is 5.00 Å². The van der Waals surface area contributed by atoms with Crippen LogP contribution in [0.3, 0.4) is 0 Å². The van der Waals surface area contributed by atoms with E-state index in [0.717, 1.165) is 20.7 Å². The van der Waals surface area contributed by atoms with Crippen molar-refractivity contribution in [3.05, 3.63) is 59.7 Å². The molecule has 0 radical (unpaired) electrons. The zero-order chi connectivity index (χ0) is 17.8. The Balaban J connectivity index is 2.01. The van der Waals surface area contributed by atoms with Gasteiger partial charge in [0.2, 0.25) is 0 Å². The highest BCUT2D eigenvalue weighted by molar-refractivity contribution is 7.99. The van der Waals surface area contributed by atoms with E-state index in [1.165, 1.54) is 18.4 Å². The van der Waals surface area contributed by atoms with E-state index in [1.807, 2.05) is 49.4 Å². The Kier molecular flexibility index (Phi) is 5.40. The van der Waals surface area contributed by atoms with Gasteiger partial charge in [0.25, 0.3) is 5.91 Å². The summed E-state index contributed by atoms with van der Waals surface area (Å²) in [7, 11) is 1.34.